The molecular formula is C5H10KNO4S. The summed E-state index contributed by atoms with van der Waals surface area (Å²) in [6.07, 6.45) is 1.06. The number of carbonyl (C=O) groups excluding carboxylic acids is 1. The summed E-state index contributed by atoms with van der Waals surface area (Å²) in [5.41, 5.74) is 4.53. The number of hydrogen-bond donors (Lipinski definition) is 1. The summed E-state index contributed by atoms with van der Waals surface area (Å²) in [7, 11) is -3.91. The van der Waals surface area contributed by atoms with E-state index < -0.39 is 16.0 Å². The van der Waals surface area contributed by atoms with Gasteiger partial charge in [-0.15, -0.1) is 0 Å². The second-order valence-corrected chi connectivity index (χ2v) is 3.15. The normalized spacial score (nSPS) is 8.50. The predicted octanol–water partition coefficient (Wildman–Crippen LogP) is -3.79. The van der Waals surface area contributed by atoms with Crippen LogP contribution in [0.4, 0.5) is 0 Å². The summed E-state index contributed by atoms with van der Waals surface area (Å²) in [5.74, 6) is -0.794. The van der Waals surface area contributed by atoms with Crippen molar-refractivity contribution in [2.45, 2.75) is 6.92 Å². The first-order valence-electron chi connectivity index (χ1n) is 2.69. The Kier molecular flexibility index (Phi) is 15.2. The molecular weight excluding hydrogens is 209 g/mol. The molecule has 5 nitrogen and oxygen atoms in total. The number of hydrogen-bond acceptors (Lipinski definition) is 4. The fourth-order valence-electron chi connectivity index (χ4n) is 0. The number of nitrogens with two attached hydrogens (primary N) is 1. The Morgan fingerprint density at radius 3 is 1.83 bits per heavy atom. The van der Waals surface area contributed by atoms with Crippen LogP contribution in [0.15, 0.2) is 12.7 Å². The molecule has 0 saturated carbocycles. The third-order valence-corrected chi connectivity index (χ3v) is 1.26. The van der Waals surface area contributed by atoms with Crippen molar-refractivity contribution in [3.05, 3.63) is 12.7 Å². The summed E-state index contributed by atoms with van der Waals surface area (Å²) >= 11 is 0. The van der Waals surface area contributed by atoms with E-state index in [1.807, 2.05) is 0 Å². The smallest absolute Gasteiger partial charge is 0.748 e. The van der Waals surface area contributed by atoms with Crippen LogP contribution in [0.25, 0.3) is 0 Å². The zero-order valence-electron chi connectivity index (χ0n) is 7.11. The van der Waals surface area contributed by atoms with Gasteiger partial charge in [0, 0.05) is 5.75 Å². The van der Waals surface area contributed by atoms with E-state index in [1.54, 1.807) is 0 Å². The molecule has 0 rings (SSSR count). The average Bonchev–Trinajstić information content (AvgIpc) is 1.88. The van der Waals surface area contributed by atoms with E-state index in [4.69, 9.17) is 0 Å². The zero-order valence-corrected chi connectivity index (χ0v) is 11.0. The van der Waals surface area contributed by atoms with Gasteiger partial charge in [0.05, 0.1) is 10.1 Å². The van der Waals surface area contributed by atoms with Crippen LogP contribution in [-0.2, 0) is 14.9 Å². The van der Waals surface area contributed by atoms with Crippen molar-refractivity contribution < 1.29 is 69.1 Å². The molecule has 0 saturated heterocycles. The van der Waals surface area contributed by atoms with Crippen LogP contribution in [0.2, 0.25) is 0 Å². The number of primary amides is 1. The average molecular weight is 219 g/mol. The minimum Gasteiger partial charge on any atom is -0.748 e. The molecule has 12 heavy (non-hydrogen) atoms. The van der Waals surface area contributed by atoms with Crippen molar-refractivity contribution >= 4 is 16.0 Å². The molecule has 2 N–H and O–H groups in total. The number of rotatable bonds is 2. The van der Waals surface area contributed by atoms with Crippen LogP contribution in [-0.4, -0.2) is 24.6 Å². The Hall–Kier alpha value is 0.756. The van der Waals surface area contributed by atoms with Gasteiger partial charge in [0.1, 0.15) is 0 Å². The first-order valence-corrected chi connectivity index (χ1v) is 4.26. The Morgan fingerprint density at radius 1 is 1.67 bits per heavy atom. The van der Waals surface area contributed by atoms with Gasteiger partial charge in [-0.25, -0.2) is 8.42 Å². The molecule has 66 valence electrons. The standard InChI is InChI=1S/C3H5NO.C2H6O3S.K/c1-2-3(4)5;1-2-6(3,4)5;/h2H,1H2,(H2,4,5);2H2,1H3,(H,3,4,5);/q;;+1/p-1. The third kappa shape index (κ3) is 30.9. The molecule has 0 aromatic heterocycles. The van der Waals surface area contributed by atoms with E-state index in [9.17, 15) is 17.8 Å². The third-order valence-electron chi connectivity index (χ3n) is 0.555. The molecule has 0 atom stereocenters. The van der Waals surface area contributed by atoms with E-state index in [0.717, 1.165) is 6.08 Å². The molecule has 0 unspecified atom stereocenters. The summed E-state index contributed by atoms with van der Waals surface area (Å²) in [6, 6.07) is 0. The zero-order chi connectivity index (χ0) is 9.49. The van der Waals surface area contributed by atoms with Gasteiger partial charge in [-0.05, 0) is 6.08 Å². The van der Waals surface area contributed by atoms with E-state index >= 15 is 0 Å². The molecule has 7 heteroatoms. The Balaban J connectivity index is -0.000000126. The monoisotopic (exact) mass is 219 g/mol. The van der Waals surface area contributed by atoms with Crippen molar-refractivity contribution in [2.75, 3.05) is 5.75 Å². The fraction of sp³-hybridized carbons (Fsp3) is 0.400. The molecule has 0 aliphatic rings. The van der Waals surface area contributed by atoms with Crippen molar-refractivity contribution in [1.29, 1.82) is 0 Å². The SMILES string of the molecule is C=CC(N)=O.CCS(=O)(=O)[O-].[K+]. The molecule has 0 aromatic rings. The second-order valence-electron chi connectivity index (χ2n) is 1.45. The predicted molar refractivity (Wildman–Crippen MR) is 39.6 cm³/mol. The largest absolute Gasteiger partial charge is 1.00 e. The summed E-state index contributed by atoms with van der Waals surface area (Å²) in [4.78, 5) is 9.47. The minimum atomic E-state index is -3.91. The molecule has 0 fully saturated rings. The van der Waals surface area contributed by atoms with Crippen LogP contribution < -0.4 is 57.1 Å². The van der Waals surface area contributed by atoms with Crippen molar-refractivity contribution in [2.24, 2.45) is 5.73 Å². The van der Waals surface area contributed by atoms with E-state index in [-0.39, 0.29) is 57.1 Å². The maximum absolute atomic E-state index is 9.47. The maximum atomic E-state index is 9.47. The summed E-state index contributed by atoms with van der Waals surface area (Å²) < 4.78 is 28.3. The van der Waals surface area contributed by atoms with Crippen molar-refractivity contribution in [3.8, 4) is 0 Å². The molecule has 0 bridgehead atoms. The Labute approximate surface area is 115 Å². The van der Waals surface area contributed by atoms with Gasteiger partial charge in [-0.2, -0.15) is 0 Å². The minimum absolute atomic E-state index is 0. The second kappa shape index (κ2) is 9.84. The maximum Gasteiger partial charge on any atom is 1.00 e. The fourth-order valence-corrected chi connectivity index (χ4v) is 0. The first kappa shape index (κ1) is 18.5. The van der Waals surface area contributed by atoms with Crippen LogP contribution in [0.5, 0.6) is 0 Å². The topological polar surface area (TPSA) is 100 Å². The number of amides is 1. The molecule has 0 aromatic carbocycles. The molecule has 0 aliphatic carbocycles. The van der Waals surface area contributed by atoms with Gasteiger partial charge >= 0.3 is 51.4 Å². The first-order chi connectivity index (χ1) is 4.83. The van der Waals surface area contributed by atoms with E-state index in [2.05, 4.69) is 12.3 Å². The quantitative estimate of drug-likeness (QED) is 0.292. The van der Waals surface area contributed by atoms with E-state index in [1.165, 1.54) is 6.92 Å². The van der Waals surface area contributed by atoms with Crippen LogP contribution in [0.1, 0.15) is 6.92 Å². The molecule has 0 aliphatic heterocycles. The number of carbonyl (C=O) groups is 1. The van der Waals surface area contributed by atoms with E-state index in [0.29, 0.717) is 0 Å². The summed E-state index contributed by atoms with van der Waals surface area (Å²) in [6.45, 7) is 4.39. The van der Waals surface area contributed by atoms with Crippen LogP contribution >= 0.6 is 0 Å². The molecule has 0 radical (unpaired) electrons. The molecule has 0 spiro atoms. The van der Waals surface area contributed by atoms with Gasteiger partial charge < -0.3 is 10.3 Å². The van der Waals surface area contributed by atoms with Crippen molar-refractivity contribution in [3.63, 3.8) is 0 Å². The Morgan fingerprint density at radius 2 is 1.83 bits per heavy atom. The van der Waals surface area contributed by atoms with Crippen LogP contribution in [0.3, 0.4) is 0 Å². The Bertz CT molecular complexity index is 224. The van der Waals surface area contributed by atoms with Gasteiger partial charge in [-0.3, -0.25) is 4.79 Å². The van der Waals surface area contributed by atoms with Crippen LogP contribution in [0, 0.1) is 0 Å². The van der Waals surface area contributed by atoms with Crippen molar-refractivity contribution in [1.82, 2.24) is 0 Å². The summed E-state index contributed by atoms with van der Waals surface area (Å²) in [5, 5.41) is 0. The molecule has 0 heterocycles. The van der Waals surface area contributed by atoms with Gasteiger partial charge in [-0.1, -0.05) is 13.5 Å². The molecule has 1 amide bonds. The van der Waals surface area contributed by atoms with Gasteiger partial charge in [0.2, 0.25) is 5.91 Å². The van der Waals surface area contributed by atoms with Gasteiger partial charge in [0.25, 0.3) is 0 Å². The van der Waals surface area contributed by atoms with Gasteiger partial charge in [0.15, 0.2) is 0 Å².